The highest BCUT2D eigenvalue weighted by molar-refractivity contribution is 9.10. The monoisotopic (exact) mass is 465 g/mol. The van der Waals surface area contributed by atoms with Gasteiger partial charge in [-0.15, -0.1) is 11.3 Å². The molecule has 0 aliphatic carbocycles. The van der Waals surface area contributed by atoms with Crippen molar-refractivity contribution in [3.05, 3.63) is 61.9 Å². The number of nitrogens with zero attached hydrogens (tertiary/aromatic N) is 3. The van der Waals surface area contributed by atoms with E-state index in [0.717, 1.165) is 40.6 Å². The number of aliphatic imine (C=N–C) groups is 1. The maximum Gasteiger partial charge on any atom is 0.181 e. The lowest BCUT2D eigenvalue weighted by Gasteiger charge is -2.34. The van der Waals surface area contributed by atoms with Gasteiger partial charge in [-0.1, -0.05) is 28.9 Å². The number of aliphatic hydroxyl groups is 1. The normalized spacial score (nSPS) is 23.0. The lowest BCUT2D eigenvalue weighted by atomic mass is 9.93. The van der Waals surface area contributed by atoms with Crippen LogP contribution >= 0.6 is 27.3 Å². The summed E-state index contributed by atoms with van der Waals surface area (Å²) in [4.78, 5) is 11.6. The van der Waals surface area contributed by atoms with Crippen LogP contribution in [0.2, 0.25) is 0 Å². The molecule has 1 N–H and O–H groups in total. The fraction of sp³-hybridized carbons (Fsp3) is 0.400. The zero-order valence-corrected chi connectivity index (χ0v) is 18.0. The van der Waals surface area contributed by atoms with Gasteiger partial charge in [-0.25, -0.2) is 9.37 Å². The Balaban J connectivity index is 1.90. The number of halogens is 2. The zero-order valence-electron chi connectivity index (χ0n) is 15.6. The summed E-state index contributed by atoms with van der Waals surface area (Å²) in [5, 5.41) is 13.6. The molecule has 0 amide bonds. The van der Waals surface area contributed by atoms with E-state index in [9.17, 15) is 9.50 Å². The van der Waals surface area contributed by atoms with Crippen molar-refractivity contribution < 1.29 is 14.2 Å². The zero-order chi connectivity index (χ0) is 19.8. The first-order valence-electron chi connectivity index (χ1n) is 9.22. The summed E-state index contributed by atoms with van der Waals surface area (Å²) in [6.07, 6.45) is 1.51. The Morgan fingerprint density at radius 3 is 2.96 bits per heavy atom. The number of aliphatic hydroxyl groups excluding tert-OH is 1. The van der Waals surface area contributed by atoms with E-state index in [2.05, 4.69) is 32.7 Å². The predicted octanol–water partition coefficient (Wildman–Crippen LogP) is 4.50. The van der Waals surface area contributed by atoms with Crippen LogP contribution in [0, 0.1) is 11.7 Å². The van der Waals surface area contributed by atoms with Crippen molar-refractivity contribution in [2.75, 3.05) is 13.2 Å². The van der Waals surface area contributed by atoms with Crippen LogP contribution in [0.3, 0.4) is 0 Å². The third-order valence-electron chi connectivity index (χ3n) is 4.97. The molecule has 1 aromatic heterocycles. The highest BCUT2D eigenvalue weighted by Gasteiger charge is 2.40. The molecule has 3 heterocycles. The van der Waals surface area contributed by atoms with E-state index in [1.165, 1.54) is 23.5 Å². The standard InChI is InChI=1S/C20H21BrFN3O2S/c1-3-27-20(26)16-15-8-11(2)10-25(15)18(19-23-6-7-28-19)24-17(16)13-5-4-12(22)9-14(13)21/h4-7,9,11,17,20,26H,3,8,10H2,1-2H3/t11-,17+,20?/m1/s1. The molecule has 148 valence electrons. The average molecular weight is 466 g/mol. The van der Waals surface area contributed by atoms with E-state index in [4.69, 9.17) is 9.73 Å². The Morgan fingerprint density at radius 2 is 2.29 bits per heavy atom. The fourth-order valence-corrected chi connectivity index (χ4v) is 5.03. The summed E-state index contributed by atoms with van der Waals surface area (Å²) >= 11 is 5.00. The van der Waals surface area contributed by atoms with Crippen molar-refractivity contribution in [2.24, 2.45) is 10.9 Å². The van der Waals surface area contributed by atoms with Crippen LogP contribution in [-0.2, 0) is 4.74 Å². The number of fused-ring (bicyclic) bond motifs is 1. The third kappa shape index (κ3) is 3.54. The van der Waals surface area contributed by atoms with Crippen LogP contribution in [0.4, 0.5) is 4.39 Å². The van der Waals surface area contributed by atoms with Gasteiger partial charge in [0, 0.05) is 40.5 Å². The number of thiazole rings is 1. The van der Waals surface area contributed by atoms with Gasteiger partial charge in [0.05, 0.1) is 0 Å². The van der Waals surface area contributed by atoms with Crippen LogP contribution in [0.1, 0.15) is 36.9 Å². The van der Waals surface area contributed by atoms with Crippen molar-refractivity contribution in [1.29, 1.82) is 0 Å². The quantitative estimate of drug-likeness (QED) is 0.660. The maximum atomic E-state index is 13.7. The number of benzene rings is 1. The summed E-state index contributed by atoms with van der Waals surface area (Å²) in [5.41, 5.74) is 2.53. The summed E-state index contributed by atoms with van der Waals surface area (Å²) in [7, 11) is 0. The lowest BCUT2D eigenvalue weighted by molar-refractivity contribution is -0.0719. The van der Waals surface area contributed by atoms with Crippen molar-refractivity contribution in [1.82, 2.24) is 9.88 Å². The molecule has 4 rings (SSSR count). The average Bonchev–Trinajstić information content (AvgIpc) is 3.29. The Kier molecular flexibility index (Phi) is 5.64. The molecule has 1 saturated heterocycles. The van der Waals surface area contributed by atoms with Gasteiger partial charge in [-0.05, 0) is 37.0 Å². The molecule has 1 fully saturated rings. The van der Waals surface area contributed by atoms with E-state index in [1.807, 2.05) is 12.3 Å². The molecule has 0 radical (unpaired) electrons. The van der Waals surface area contributed by atoms with E-state index in [-0.39, 0.29) is 5.82 Å². The second kappa shape index (κ2) is 8.02. The van der Waals surface area contributed by atoms with Crippen molar-refractivity contribution >= 4 is 33.1 Å². The van der Waals surface area contributed by atoms with Crippen LogP contribution < -0.4 is 0 Å². The minimum Gasteiger partial charge on any atom is -0.364 e. The van der Waals surface area contributed by atoms with Gasteiger partial charge in [0.2, 0.25) is 0 Å². The van der Waals surface area contributed by atoms with Crippen LogP contribution in [0.5, 0.6) is 0 Å². The first-order valence-corrected chi connectivity index (χ1v) is 10.9. The summed E-state index contributed by atoms with van der Waals surface area (Å²) in [6.45, 7) is 5.22. The smallest absolute Gasteiger partial charge is 0.181 e. The molecule has 1 unspecified atom stereocenters. The van der Waals surface area contributed by atoms with Crippen molar-refractivity contribution in [3.8, 4) is 0 Å². The SMILES string of the molecule is CCOC(O)C1=C2C[C@@H](C)CN2C(c2nccs2)=N[C@H]1c1ccc(F)cc1Br. The first kappa shape index (κ1) is 19.7. The molecule has 8 heteroatoms. The van der Waals surface area contributed by atoms with E-state index < -0.39 is 12.3 Å². The Labute approximate surface area is 175 Å². The van der Waals surface area contributed by atoms with Crippen LogP contribution in [0.25, 0.3) is 0 Å². The molecule has 2 aromatic rings. The number of hydrogen-bond acceptors (Lipinski definition) is 6. The first-order chi connectivity index (χ1) is 13.5. The van der Waals surface area contributed by atoms with E-state index in [1.54, 1.807) is 12.3 Å². The maximum absolute atomic E-state index is 13.7. The molecule has 0 saturated carbocycles. The molecule has 0 bridgehead atoms. The minimum atomic E-state index is -1.07. The van der Waals surface area contributed by atoms with Crippen molar-refractivity contribution in [3.63, 3.8) is 0 Å². The van der Waals surface area contributed by atoms with Crippen LogP contribution in [-0.4, -0.2) is 40.3 Å². The van der Waals surface area contributed by atoms with Crippen LogP contribution in [0.15, 0.2) is 50.5 Å². The van der Waals surface area contributed by atoms with Crippen molar-refractivity contribution in [2.45, 2.75) is 32.6 Å². The largest absolute Gasteiger partial charge is 0.364 e. The van der Waals surface area contributed by atoms with E-state index in [0.29, 0.717) is 17.0 Å². The summed E-state index contributed by atoms with van der Waals surface area (Å²) in [6, 6.07) is 4.07. The number of hydrogen-bond donors (Lipinski definition) is 1. The molecular weight excluding hydrogens is 445 g/mol. The Morgan fingerprint density at radius 1 is 1.46 bits per heavy atom. The number of ether oxygens (including phenoxy) is 1. The topological polar surface area (TPSA) is 58.0 Å². The van der Waals surface area contributed by atoms with Gasteiger partial charge in [0.1, 0.15) is 11.9 Å². The van der Waals surface area contributed by atoms with Gasteiger partial charge in [0.15, 0.2) is 17.1 Å². The third-order valence-corrected chi connectivity index (χ3v) is 6.42. The Bertz CT molecular complexity index is 932. The van der Waals surface area contributed by atoms with E-state index >= 15 is 0 Å². The highest BCUT2D eigenvalue weighted by Crippen LogP contribution is 2.44. The molecule has 1 aromatic carbocycles. The molecule has 5 nitrogen and oxygen atoms in total. The number of rotatable bonds is 5. The van der Waals surface area contributed by atoms with Gasteiger partial charge in [0.25, 0.3) is 0 Å². The fourth-order valence-electron chi connectivity index (χ4n) is 3.82. The molecule has 28 heavy (non-hydrogen) atoms. The number of allylic oxidation sites excluding steroid dienone is 1. The molecule has 0 spiro atoms. The Hall–Kier alpha value is -1.61. The summed E-state index contributed by atoms with van der Waals surface area (Å²) in [5.74, 6) is 0.883. The van der Waals surface area contributed by atoms with Gasteiger partial charge < -0.3 is 14.7 Å². The summed E-state index contributed by atoms with van der Waals surface area (Å²) < 4.78 is 19.9. The molecular formula is C20H21BrFN3O2S. The van der Waals surface area contributed by atoms with Gasteiger partial charge in [-0.3, -0.25) is 4.99 Å². The number of aromatic nitrogens is 1. The minimum absolute atomic E-state index is 0.328. The highest BCUT2D eigenvalue weighted by atomic mass is 79.9. The molecule has 3 atom stereocenters. The molecule has 2 aliphatic heterocycles. The van der Waals surface area contributed by atoms with Gasteiger partial charge >= 0.3 is 0 Å². The second-order valence-electron chi connectivity index (χ2n) is 6.99. The predicted molar refractivity (Wildman–Crippen MR) is 111 cm³/mol. The number of amidine groups is 1. The lowest BCUT2D eigenvalue weighted by Crippen LogP contribution is -2.36. The molecule has 2 aliphatic rings. The van der Waals surface area contributed by atoms with Gasteiger partial charge in [-0.2, -0.15) is 0 Å². The second-order valence-corrected chi connectivity index (χ2v) is 8.74.